The summed E-state index contributed by atoms with van der Waals surface area (Å²) in [7, 11) is -0.294. The molecule has 0 aliphatic carbocycles. The molecule has 0 unspecified atom stereocenters. The lowest BCUT2D eigenvalue weighted by atomic mass is 10.1. The van der Waals surface area contributed by atoms with Gasteiger partial charge in [0, 0.05) is 4.47 Å². The second kappa shape index (κ2) is 5.19. The highest BCUT2D eigenvalue weighted by atomic mass is 79.9. The maximum Gasteiger partial charge on any atom is 0.504 e. The summed E-state index contributed by atoms with van der Waals surface area (Å²) in [5, 5.41) is 8.61. The maximum absolute atomic E-state index is 8.61. The second-order valence-corrected chi connectivity index (χ2v) is 4.22. The van der Waals surface area contributed by atoms with Gasteiger partial charge in [0.05, 0.1) is 0 Å². The molecule has 0 saturated carbocycles. The van der Waals surface area contributed by atoms with Crippen molar-refractivity contribution in [1.82, 2.24) is 0 Å². The molecule has 0 aromatic heterocycles. The average Bonchev–Trinajstić information content (AvgIpc) is 2.32. The Morgan fingerprint density at radius 3 is 1.88 bits per heavy atom. The van der Waals surface area contributed by atoms with Crippen LogP contribution in [-0.4, -0.2) is 12.7 Å². The highest BCUT2D eigenvalue weighted by Gasteiger charge is 1.98. The molecule has 80 valence electrons. The first-order valence-electron chi connectivity index (χ1n) is 4.89. The maximum atomic E-state index is 8.61. The zero-order valence-corrected chi connectivity index (χ0v) is 10.1. The van der Waals surface area contributed by atoms with E-state index in [1.165, 1.54) is 0 Å². The van der Waals surface area contributed by atoms with Crippen LogP contribution in [0.2, 0.25) is 0 Å². The molecule has 2 rings (SSSR count). The zero-order valence-electron chi connectivity index (χ0n) is 8.56. The van der Waals surface area contributed by atoms with E-state index < -0.39 is 0 Å². The quantitative estimate of drug-likeness (QED) is 0.874. The third kappa shape index (κ3) is 2.65. The number of halogens is 1. The highest BCUT2D eigenvalue weighted by molar-refractivity contribution is 9.10. The van der Waals surface area contributed by atoms with Crippen LogP contribution in [-0.2, 0) is 0 Å². The molecule has 2 aromatic carbocycles. The normalized spacial score (nSPS) is 9.88. The summed E-state index contributed by atoms with van der Waals surface area (Å²) >= 11 is 3.40. The number of benzene rings is 2. The van der Waals surface area contributed by atoms with Gasteiger partial charge in [-0.2, -0.15) is 0 Å². The molecule has 0 amide bonds. The van der Waals surface area contributed by atoms with E-state index >= 15 is 0 Å². The van der Waals surface area contributed by atoms with Crippen LogP contribution in [0.1, 0.15) is 0 Å². The van der Waals surface area contributed by atoms with E-state index in [1.54, 1.807) is 0 Å². The van der Waals surface area contributed by atoms with Gasteiger partial charge < -0.3 is 9.68 Å². The average molecular weight is 277 g/mol. The SMILES string of the molecule is OBOc1ccc(-c2ccc(Br)cc2)cc1. The number of hydrogen-bond donors (Lipinski definition) is 1. The van der Waals surface area contributed by atoms with Crippen molar-refractivity contribution < 1.29 is 9.68 Å². The van der Waals surface area contributed by atoms with Crippen LogP contribution in [0.3, 0.4) is 0 Å². The van der Waals surface area contributed by atoms with E-state index in [1.807, 2.05) is 48.5 Å². The van der Waals surface area contributed by atoms with Gasteiger partial charge in [0.2, 0.25) is 0 Å². The lowest BCUT2D eigenvalue weighted by Crippen LogP contribution is -1.99. The molecule has 0 bridgehead atoms. The summed E-state index contributed by atoms with van der Waals surface area (Å²) < 4.78 is 6.03. The van der Waals surface area contributed by atoms with Crippen LogP contribution in [0.25, 0.3) is 11.1 Å². The minimum Gasteiger partial charge on any atom is -0.539 e. The van der Waals surface area contributed by atoms with Gasteiger partial charge in [-0.25, -0.2) is 0 Å². The third-order valence-electron chi connectivity index (χ3n) is 2.26. The minimum absolute atomic E-state index is 0.294. The van der Waals surface area contributed by atoms with Gasteiger partial charge in [0.15, 0.2) is 0 Å². The van der Waals surface area contributed by atoms with E-state index in [4.69, 9.17) is 9.68 Å². The van der Waals surface area contributed by atoms with Crippen molar-refractivity contribution in [3.8, 4) is 16.9 Å². The summed E-state index contributed by atoms with van der Waals surface area (Å²) in [6.07, 6.45) is 0. The first-order valence-corrected chi connectivity index (χ1v) is 5.68. The molecule has 16 heavy (non-hydrogen) atoms. The molecule has 0 aliphatic heterocycles. The molecule has 0 atom stereocenters. The Kier molecular flexibility index (Phi) is 3.64. The fraction of sp³-hybridized carbons (Fsp3) is 0. The third-order valence-corrected chi connectivity index (χ3v) is 2.79. The predicted octanol–water partition coefficient (Wildman–Crippen LogP) is 2.75. The monoisotopic (exact) mass is 276 g/mol. The van der Waals surface area contributed by atoms with Gasteiger partial charge in [-0.05, 0) is 35.4 Å². The summed E-state index contributed by atoms with van der Waals surface area (Å²) in [4.78, 5) is 0. The Hall–Kier alpha value is -1.26. The lowest BCUT2D eigenvalue weighted by Gasteiger charge is -2.04. The fourth-order valence-corrected chi connectivity index (χ4v) is 1.72. The van der Waals surface area contributed by atoms with Crippen LogP contribution in [0.4, 0.5) is 0 Å². The molecule has 2 aromatic rings. The Labute approximate surface area is 103 Å². The number of hydrogen-bond acceptors (Lipinski definition) is 2. The van der Waals surface area contributed by atoms with Gasteiger partial charge in [-0.15, -0.1) is 0 Å². The summed E-state index contributed by atoms with van der Waals surface area (Å²) in [6, 6.07) is 15.7. The lowest BCUT2D eigenvalue weighted by molar-refractivity contribution is 0.454. The van der Waals surface area contributed by atoms with Gasteiger partial charge in [-0.1, -0.05) is 40.2 Å². The predicted molar refractivity (Wildman–Crippen MR) is 69.6 cm³/mol. The fourth-order valence-electron chi connectivity index (χ4n) is 1.46. The molecule has 1 N–H and O–H groups in total. The van der Waals surface area contributed by atoms with Crippen molar-refractivity contribution in [3.05, 3.63) is 53.0 Å². The molecule has 0 heterocycles. The van der Waals surface area contributed by atoms with Crippen molar-refractivity contribution >= 4 is 23.6 Å². The molecule has 0 fully saturated rings. The topological polar surface area (TPSA) is 29.5 Å². The Morgan fingerprint density at radius 1 is 0.875 bits per heavy atom. The molecular formula is C12H10BBrO2. The molecule has 0 aliphatic rings. The number of rotatable bonds is 3. The summed E-state index contributed by atoms with van der Waals surface area (Å²) in [5.41, 5.74) is 2.27. The molecule has 4 heteroatoms. The Balaban J connectivity index is 2.24. The van der Waals surface area contributed by atoms with Gasteiger partial charge >= 0.3 is 7.69 Å². The molecule has 0 spiro atoms. The molecular weight excluding hydrogens is 267 g/mol. The van der Waals surface area contributed by atoms with Crippen LogP contribution in [0.15, 0.2) is 53.0 Å². The Bertz CT molecular complexity index is 453. The second-order valence-electron chi connectivity index (χ2n) is 3.30. The first-order chi connectivity index (χ1) is 7.79. The standard InChI is InChI=1S/C12H10BBrO2/c14-11-5-1-9(2-6-11)10-3-7-12(8-4-10)16-13-15/h1-8,13,15H. The highest BCUT2D eigenvalue weighted by Crippen LogP contribution is 2.23. The zero-order chi connectivity index (χ0) is 11.4. The first kappa shape index (κ1) is 11.2. The van der Waals surface area contributed by atoms with Crippen molar-refractivity contribution in [3.63, 3.8) is 0 Å². The van der Waals surface area contributed by atoms with Gasteiger partial charge in [-0.3, -0.25) is 0 Å². The van der Waals surface area contributed by atoms with Crippen molar-refractivity contribution in [2.45, 2.75) is 0 Å². The van der Waals surface area contributed by atoms with Crippen LogP contribution in [0, 0.1) is 0 Å². The largest absolute Gasteiger partial charge is 0.539 e. The van der Waals surface area contributed by atoms with Gasteiger partial charge in [0.1, 0.15) is 5.75 Å². The van der Waals surface area contributed by atoms with E-state index in [9.17, 15) is 0 Å². The van der Waals surface area contributed by atoms with Gasteiger partial charge in [0.25, 0.3) is 0 Å². The van der Waals surface area contributed by atoms with E-state index in [-0.39, 0.29) is 7.69 Å². The molecule has 0 saturated heterocycles. The Morgan fingerprint density at radius 2 is 1.38 bits per heavy atom. The smallest absolute Gasteiger partial charge is 0.504 e. The molecule has 0 radical (unpaired) electrons. The minimum atomic E-state index is -0.294. The van der Waals surface area contributed by atoms with Crippen molar-refractivity contribution in [1.29, 1.82) is 0 Å². The van der Waals surface area contributed by atoms with E-state index in [0.717, 1.165) is 15.6 Å². The van der Waals surface area contributed by atoms with Crippen LogP contribution in [0.5, 0.6) is 5.75 Å². The van der Waals surface area contributed by atoms with E-state index in [2.05, 4.69) is 15.9 Å². The summed E-state index contributed by atoms with van der Waals surface area (Å²) in [6.45, 7) is 0. The summed E-state index contributed by atoms with van der Waals surface area (Å²) in [5.74, 6) is 0.670. The van der Waals surface area contributed by atoms with E-state index in [0.29, 0.717) is 5.75 Å². The van der Waals surface area contributed by atoms with Crippen molar-refractivity contribution in [2.75, 3.05) is 0 Å². The molecule has 2 nitrogen and oxygen atoms in total. The van der Waals surface area contributed by atoms with Crippen LogP contribution < -0.4 is 4.65 Å². The van der Waals surface area contributed by atoms with Crippen molar-refractivity contribution in [2.24, 2.45) is 0 Å². The van der Waals surface area contributed by atoms with Crippen LogP contribution >= 0.6 is 15.9 Å².